The van der Waals surface area contributed by atoms with Gasteiger partial charge in [0.25, 0.3) is 5.56 Å². The Morgan fingerprint density at radius 2 is 1.90 bits per heavy atom. The van der Waals surface area contributed by atoms with Crippen molar-refractivity contribution in [1.82, 2.24) is 9.88 Å². The first-order valence-corrected chi connectivity index (χ1v) is 11.2. The van der Waals surface area contributed by atoms with Crippen LogP contribution in [-0.2, 0) is 17.6 Å². The Morgan fingerprint density at radius 3 is 2.50 bits per heavy atom. The van der Waals surface area contributed by atoms with Crippen LogP contribution in [0.25, 0.3) is 10.9 Å². The second kappa shape index (κ2) is 9.23. The first-order valence-electron chi connectivity index (χ1n) is 11.2. The van der Waals surface area contributed by atoms with Crippen LogP contribution in [0.15, 0.2) is 23.0 Å². The van der Waals surface area contributed by atoms with Gasteiger partial charge in [0.15, 0.2) is 0 Å². The van der Waals surface area contributed by atoms with E-state index in [1.54, 1.807) is 7.11 Å². The summed E-state index contributed by atoms with van der Waals surface area (Å²) >= 11 is 0. The Bertz CT molecular complexity index is 949. The molecule has 0 unspecified atom stereocenters. The van der Waals surface area contributed by atoms with Gasteiger partial charge in [-0.1, -0.05) is 40.5 Å². The number of carbonyl (C=O) groups is 1. The number of pyridine rings is 1. The first kappa shape index (κ1) is 22.4. The Morgan fingerprint density at radius 1 is 1.20 bits per heavy atom. The average Bonchev–Trinajstić information content (AvgIpc) is 3.21. The minimum atomic E-state index is -0.108. The van der Waals surface area contributed by atoms with E-state index in [4.69, 9.17) is 4.74 Å². The molecule has 1 saturated carbocycles. The molecule has 1 N–H and O–H groups in total. The van der Waals surface area contributed by atoms with E-state index in [9.17, 15) is 9.59 Å². The summed E-state index contributed by atoms with van der Waals surface area (Å²) in [5, 5.41) is 0.933. The number of aromatic nitrogens is 1. The fourth-order valence-electron chi connectivity index (χ4n) is 4.53. The molecule has 164 valence electrons. The molecule has 3 rings (SSSR count). The highest BCUT2D eigenvalue weighted by molar-refractivity contribution is 5.90. The molecule has 1 aliphatic carbocycles. The highest BCUT2D eigenvalue weighted by atomic mass is 16.5. The van der Waals surface area contributed by atoms with Crippen LogP contribution in [0.4, 0.5) is 0 Å². The van der Waals surface area contributed by atoms with Gasteiger partial charge >= 0.3 is 0 Å². The van der Waals surface area contributed by atoms with Gasteiger partial charge in [-0.15, -0.1) is 0 Å². The Kier molecular flexibility index (Phi) is 6.89. The lowest BCUT2D eigenvalue weighted by Crippen LogP contribution is -2.41. The largest absolute Gasteiger partial charge is 0.497 e. The smallest absolute Gasteiger partial charge is 0.251 e. The van der Waals surface area contributed by atoms with Crippen LogP contribution in [0, 0.1) is 5.41 Å². The van der Waals surface area contributed by atoms with E-state index in [0.717, 1.165) is 42.3 Å². The lowest BCUT2D eigenvalue weighted by Gasteiger charge is -2.32. The summed E-state index contributed by atoms with van der Waals surface area (Å²) in [6.45, 7) is 9.41. The highest BCUT2D eigenvalue weighted by Gasteiger charge is 2.28. The Labute approximate surface area is 179 Å². The maximum absolute atomic E-state index is 13.6. The molecule has 1 aliphatic rings. The van der Waals surface area contributed by atoms with Crippen molar-refractivity contribution in [2.75, 3.05) is 13.7 Å². The van der Waals surface area contributed by atoms with Gasteiger partial charge in [-0.05, 0) is 48.8 Å². The average molecular weight is 413 g/mol. The van der Waals surface area contributed by atoms with E-state index in [2.05, 4.69) is 30.7 Å². The quantitative estimate of drug-likeness (QED) is 0.707. The van der Waals surface area contributed by atoms with Gasteiger partial charge in [-0.25, -0.2) is 0 Å². The number of methoxy groups -OCH3 is 1. The molecular weight excluding hydrogens is 376 g/mol. The van der Waals surface area contributed by atoms with Gasteiger partial charge in [0, 0.05) is 29.6 Å². The number of ether oxygens (including phenoxy) is 1. The van der Waals surface area contributed by atoms with Crippen molar-refractivity contribution in [3.8, 4) is 5.75 Å². The van der Waals surface area contributed by atoms with Crippen LogP contribution in [0.2, 0.25) is 0 Å². The van der Waals surface area contributed by atoms with Crippen LogP contribution in [0.3, 0.4) is 0 Å². The Balaban J connectivity index is 1.97. The number of hydrogen-bond acceptors (Lipinski definition) is 3. The third-order valence-corrected chi connectivity index (χ3v) is 6.31. The van der Waals surface area contributed by atoms with Crippen molar-refractivity contribution in [1.29, 1.82) is 0 Å². The molecule has 1 aromatic heterocycles. The molecule has 0 radical (unpaired) electrons. The van der Waals surface area contributed by atoms with Crippen LogP contribution >= 0.6 is 0 Å². The molecule has 1 heterocycles. The summed E-state index contributed by atoms with van der Waals surface area (Å²) in [7, 11) is 1.61. The lowest BCUT2D eigenvalue weighted by atomic mass is 9.91. The lowest BCUT2D eigenvalue weighted by molar-refractivity contribution is -0.133. The Hall–Kier alpha value is -2.30. The van der Waals surface area contributed by atoms with Gasteiger partial charge < -0.3 is 14.6 Å². The third-order valence-electron chi connectivity index (χ3n) is 6.31. The van der Waals surface area contributed by atoms with Gasteiger partial charge in [0.1, 0.15) is 5.75 Å². The molecule has 0 bridgehead atoms. The van der Waals surface area contributed by atoms with Crippen molar-refractivity contribution in [2.24, 2.45) is 5.41 Å². The number of nitrogens with zero attached hydrogens (tertiary/aromatic N) is 1. The van der Waals surface area contributed by atoms with Crippen molar-refractivity contribution in [3.63, 3.8) is 0 Å². The number of rotatable bonds is 7. The number of carbonyl (C=O) groups excluding carboxylic acids is 1. The zero-order chi connectivity index (χ0) is 21.9. The number of amides is 1. The van der Waals surface area contributed by atoms with E-state index < -0.39 is 0 Å². The minimum absolute atomic E-state index is 0.108. The highest BCUT2D eigenvalue weighted by Crippen LogP contribution is 2.29. The summed E-state index contributed by atoms with van der Waals surface area (Å²) in [5.41, 5.74) is 2.37. The molecule has 0 aliphatic heterocycles. The number of fused-ring (bicyclic) bond motifs is 1. The third kappa shape index (κ3) is 5.05. The number of benzene rings is 1. The van der Waals surface area contributed by atoms with Crippen molar-refractivity contribution in [2.45, 2.75) is 78.7 Å². The van der Waals surface area contributed by atoms with E-state index in [0.29, 0.717) is 23.8 Å². The van der Waals surface area contributed by atoms with E-state index in [1.165, 1.54) is 12.8 Å². The van der Waals surface area contributed by atoms with Gasteiger partial charge in [-0.3, -0.25) is 9.59 Å². The molecule has 30 heavy (non-hydrogen) atoms. The topological polar surface area (TPSA) is 62.4 Å². The van der Waals surface area contributed by atoms with Gasteiger partial charge in [0.05, 0.1) is 19.0 Å². The summed E-state index contributed by atoms with van der Waals surface area (Å²) in [4.78, 5) is 31.4. The number of nitrogens with one attached hydrogen (secondary N) is 1. The second-order valence-electron chi connectivity index (χ2n) is 9.69. The molecule has 0 atom stereocenters. The number of hydrogen-bond donors (Lipinski definition) is 1. The molecular formula is C25H36N2O3. The zero-order valence-corrected chi connectivity index (χ0v) is 19.1. The summed E-state index contributed by atoms with van der Waals surface area (Å²) < 4.78 is 5.31. The molecule has 1 fully saturated rings. The van der Waals surface area contributed by atoms with Gasteiger partial charge in [0.2, 0.25) is 5.91 Å². The van der Waals surface area contributed by atoms with Crippen LogP contribution in [0.1, 0.15) is 70.9 Å². The molecule has 0 saturated heterocycles. The van der Waals surface area contributed by atoms with Crippen molar-refractivity contribution >= 4 is 16.8 Å². The maximum Gasteiger partial charge on any atom is 0.251 e. The van der Waals surface area contributed by atoms with Crippen molar-refractivity contribution < 1.29 is 9.53 Å². The second-order valence-corrected chi connectivity index (χ2v) is 9.69. The van der Waals surface area contributed by atoms with Crippen LogP contribution in [0.5, 0.6) is 5.75 Å². The molecule has 0 spiro atoms. The number of H-pyrrole nitrogens is 1. The summed E-state index contributed by atoms with van der Waals surface area (Å²) in [6.07, 6.45) is 6.41. The molecule has 2 aromatic rings. The summed E-state index contributed by atoms with van der Waals surface area (Å²) in [5.74, 6) is 0.834. The fraction of sp³-hybridized carbons (Fsp3) is 0.600. The van der Waals surface area contributed by atoms with E-state index in [-0.39, 0.29) is 23.3 Å². The zero-order valence-electron chi connectivity index (χ0n) is 19.1. The fourth-order valence-corrected chi connectivity index (χ4v) is 4.53. The molecule has 1 amide bonds. The molecule has 5 nitrogen and oxygen atoms in total. The maximum atomic E-state index is 13.6. The molecule has 5 heteroatoms. The standard InChI is InChI=1S/C25H36N2O3/c1-6-19-21(20-12-11-18(30-5)15-22(20)26-24(19)29)16-23(28)27(14-13-25(2,3)4)17-9-7-8-10-17/h11-12,15,17H,6-10,13-14,16H2,1-5H3,(H,26,29). The first-order chi connectivity index (χ1) is 14.2. The van der Waals surface area contributed by atoms with Crippen molar-refractivity contribution in [3.05, 3.63) is 39.7 Å². The SMILES string of the molecule is CCc1c(CC(=O)N(CCC(C)(C)C)C2CCCC2)c2ccc(OC)cc2[nH]c1=O. The van der Waals surface area contributed by atoms with Crippen LogP contribution in [-0.4, -0.2) is 35.5 Å². The summed E-state index contributed by atoms with van der Waals surface area (Å²) in [6, 6.07) is 6.01. The molecule has 1 aromatic carbocycles. The normalized spacial score (nSPS) is 15.0. The van der Waals surface area contributed by atoms with E-state index >= 15 is 0 Å². The van der Waals surface area contributed by atoms with E-state index in [1.807, 2.05) is 25.1 Å². The van der Waals surface area contributed by atoms with Gasteiger partial charge in [-0.2, -0.15) is 0 Å². The number of aromatic amines is 1. The monoisotopic (exact) mass is 412 g/mol. The predicted molar refractivity (Wildman–Crippen MR) is 122 cm³/mol. The minimum Gasteiger partial charge on any atom is -0.497 e. The predicted octanol–water partition coefficient (Wildman–Crippen LogP) is 4.85. The van der Waals surface area contributed by atoms with Crippen LogP contribution < -0.4 is 10.3 Å².